The number of carbonyl (C=O) groups excluding carboxylic acids is 1. The van der Waals surface area contributed by atoms with E-state index in [9.17, 15) is 4.79 Å². The second-order valence-electron chi connectivity index (χ2n) is 5.72. The van der Waals surface area contributed by atoms with E-state index in [4.69, 9.17) is 4.84 Å². The van der Waals surface area contributed by atoms with Crippen molar-refractivity contribution >= 4 is 5.97 Å². The number of rotatable bonds is 11. The third-order valence-corrected chi connectivity index (χ3v) is 3.77. The molecule has 0 aliphatic carbocycles. The van der Waals surface area contributed by atoms with Crippen LogP contribution in [0.2, 0.25) is 0 Å². The Labute approximate surface area is 130 Å². The number of hydroxylamine groups is 1. The number of nitrogens with one attached hydrogen (secondary N) is 1. The van der Waals surface area contributed by atoms with Gasteiger partial charge < -0.3 is 21.7 Å². The van der Waals surface area contributed by atoms with Gasteiger partial charge in [-0.25, -0.2) is 4.79 Å². The Morgan fingerprint density at radius 3 is 2.55 bits per heavy atom. The van der Waals surface area contributed by atoms with Gasteiger partial charge in [0.25, 0.3) is 0 Å². The maximum atomic E-state index is 10.8. The highest BCUT2D eigenvalue weighted by molar-refractivity contribution is 5.80. The van der Waals surface area contributed by atoms with Gasteiger partial charge in [-0.3, -0.25) is 0 Å². The molecule has 4 nitrogen and oxygen atoms in total. The number of unbranched alkanes of at least 4 members (excludes halogenated alkanes) is 2. The fourth-order valence-corrected chi connectivity index (χ4v) is 1.98. The first-order valence-electron chi connectivity index (χ1n) is 7.32. The van der Waals surface area contributed by atoms with Crippen molar-refractivity contribution in [2.75, 3.05) is 27.2 Å². The lowest BCUT2D eigenvalue weighted by Crippen LogP contribution is -3.00. The molecule has 0 saturated carbocycles. The van der Waals surface area contributed by atoms with Crippen LogP contribution < -0.4 is 17.9 Å². The van der Waals surface area contributed by atoms with Crippen LogP contribution in [0.5, 0.6) is 0 Å². The highest BCUT2D eigenvalue weighted by Gasteiger charge is 2.22. The summed E-state index contributed by atoms with van der Waals surface area (Å²) in [5.74, 6) is -0.429. The normalized spacial score (nSPS) is 12.4. The van der Waals surface area contributed by atoms with Gasteiger partial charge in [0, 0.05) is 19.0 Å². The number of quaternary nitrogens is 1. The molecule has 0 aromatic heterocycles. The zero-order valence-corrected chi connectivity index (χ0v) is 14.2. The zero-order chi connectivity index (χ0) is 14.7. The van der Waals surface area contributed by atoms with E-state index in [2.05, 4.69) is 40.0 Å². The summed E-state index contributed by atoms with van der Waals surface area (Å²) in [6.07, 6.45) is 7.33. The van der Waals surface area contributed by atoms with Crippen LogP contribution in [0.25, 0.3) is 0 Å². The Balaban J connectivity index is 0. The molecular formula is C15H31ClN2O2. The van der Waals surface area contributed by atoms with E-state index in [1.165, 1.54) is 25.7 Å². The molecule has 0 heterocycles. The van der Waals surface area contributed by atoms with E-state index in [0.717, 1.165) is 23.5 Å². The van der Waals surface area contributed by atoms with Crippen molar-refractivity contribution in [1.29, 1.82) is 0 Å². The van der Waals surface area contributed by atoms with Gasteiger partial charge in [-0.1, -0.05) is 26.3 Å². The van der Waals surface area contributed by atoms with Crippen molar-refractivity contribution in [3.63, 3.8) is 0 Å². The van der Waals surface area contributed by atoms with Crippen molar-refractivity contribution in [3.05, 3.63) is 12.7 Å². The summed E-state index contributed by atoms with van der Waals surface area (Å²) in [7, 11) is 4.54. The van der Waals surface area contributed by atoms with Crippen LogP contribution in [0.3, 0.4) is 0 Å². The van der Waals surface area contributed by atoms with Crippen LogP contribution in [0.15, 0.2) is 12.7 Å². The molecule has 0 radical (unpaired) electrons. The molecule has 20 heavy (non-hydrogen) atoms. The minimum absolute atomic E-state index is 0. The van der Waals surface area contributed by atoms with Crippen molar-refractivity contribution in [2.45, 2.75) is 52.0 Å². The summed E-state index contributed by atoms with van der Waals surface area (Å²) in [6, 6.07) is 0.669. The summed E-state index contributed by atoms with van der Waals surface area (Å²) in [6.45, 7) is 9.66. The first-order chi connectivity index (χ1) is 8.94. The van der Waals surface area contributed by atoms with Crippen LogP contribution >= 0.6 is 0 Å². The molecule has 120 valence electrons. The lowest BCUT2D eigenvalue weighted by Gasteiger charge is -2.36. The number of halogens is 1. The second kappa shape index (κ2) is 12.2. The van der Waals surface area contributed by atoms with E-state index in [-0.39, 0.29) is 12.4 Å². The largest absolute Gasteiger partial charge is 1.00 e. The molecule has 0 fully saturated rings. The number of hydrogen-bond acceptors (Lipinski definition) is 3. The molecular weight excluding hydrogens is 276 g/mol. The Hall–Kier alpha value is -0.580. The molecule has 0 aliphatic heterocycles. The standard InChI is InChI=1S/C15H31N2O2.ClH/c1-6-8-9-11-14(3)17(4,5)13-10-12-16-19-15(18)7-2;/h7,14,16H,2,6,8-13H2,1,3-5H3;1H/q+1;/p-1. The summed E-state index contributed by atoms with van der Waals surface area (Å²) >= 11 is 0. The minimum Gasteiger partial charge on any atom is -1.00 e. The molecule has 1 unspecified atom stereocenters. The average Bonchev–Trinajstić information content (AvgIpc) is 2.38. The molecule has 0 amide bonds. The topological polar surface area (TPSA) is 38.3 Å². The Morgan fingerprint density at radius 2 is 2.00 bits per heavy atom. The number of carbonyl (C=O) groups is 1. The minimum atomic E-state index is -0.429. The maximum absolute atomic E-state index is 10.8. The predicted octanol–water partition coefficient (Wildman–Crippen LogP) is -0.340. The van der Waals surface area contributed by atoms with E-state index < -0.39 is 5.97 Å². The highest BCUT2D eigenvalue weighted by atomic mass is 35.5. The monoisotopic (exact) mass is 306 g/mol. The highest BCUT2D eigenvalue weighted by Crippen LogP contribution is 2.14. The Morgan fingerprint density at radius 1 is 1.35 bits per heavy atom. The van der Waals surface area contributed by atoms with Crippen LogP contribution in [0, 0.1) is 0 Å². The quantitative estimate of drug-likeness (QED) is 0.246. The van der Waals surface area contributed by atoms with Gasteiger partial charge in [0.05, 0.1) is 26.7 Å². The molecule has 0 aromatic carbocycles. The first kappa shape index (κ1) is 21.7. The van der Waals surface area contributed by atoms with Gasteiger partial charge in [-0.15, -0.1) is 0 Å². The van der Waals surface area contributed by atoms with E-state index in [1.807, 2.05) is 0 Å². The average molecular weight is 307 g/mol. The summed E-state index contributed by atoms with van der Waals surface area (Å²) < 4.78 is 1.01. The van der Waals surface area contributed by atoms with E-state index in [1.54, 1.807) is 0 Å². The van der Waals surface area contributed by atoms with Gasteiger partial charge in [-0.2, -0.15) is 5.48 Å². The molecule has 0 aromatic rings. The van der Waals surface area contributed by atoms with Gasteiger partial charge in [0.1, 0.15) is 0 Å². The second-order valence-corrected chi connectivity index (χ2v) is 5.72. The van der Waals surface area contributed by atoms with Crippen LogP contribution in [-0.4, -0.2) is 43.7 Å². The maximum Gasteiger partial charge on any atom is 0.348 e. The fraction of sp³-hybridized carbons (Fsp3) is 0.800. The third-order valence-electron chi connectivity index (χ3n) is 3.77. The fourth-order valence-electron chi connectivity index (χ4n) is 1.98. The molecule has 0 aliphatic rings. The molecule has 5 heteroatoms. The third kappa shape index (κ3) is 10.2. The molecule has 1 atom stereocenters. The van der Waals surface area contributed by atoms with Crippen LogP contribution in [0.1, 0.15) is 46.0 Å². The Kier molecular flexibility index (Phi) is 13.2. The van der Waals surface area contributed by atoms with Gasteiger partial charge >= 0.3 is 5.97 Å². The van der Waals surface area contributed by atoms with Crippen molar-refractivity contribution in [1.82, 2.24) is 5.48 Å². The van der Waals surface area contributed by atoms with Gasteiger partial charge in [-0.05, 0) is 19.8 Å². The lowest BCUT2D eigenvalue weighted by atomic mass is 10.1. The Bertz CT molecular complexity index is 271. The number of hydrogen-bond donors (Lipinski definition) is 1. The zero-order valence-electron chi connectivity index (χ0n) is 13.5. The van der Waals surface area contributed by atoms with Crippen molar-refractivity contribution in [2.24, 2.45) is 0 Å². The summed E-state index contributed by atoms with van der Waals surface area (Å²) in [5, 5.41) is 0. The molecule has 0 saturated heterocycles. The predicted molar refractivity (Wildman–Crippen MR) is 79.5 cm³/mol. The smallest absolute Gasteiger partial charge is 0.348 e. The molecule has 0 rings (SSSR count). The SMILES string of the molecule is C=CC(=O)ONCCC[N+](C)(C)C(C)CCCCC.[Cl-]. The van der Waals surface area contributed by atoms with Crippen molar-refractivity contribution < 1.29 is 26.5 Å². The van der Waals surface area contributed by atoms with Gasteiger partial charge in [0.2, 0.25) is 0 Å². The summed E-state index contributed by atoms with van der Waals surface area (Å²) in [4.78, 5) is 15.6. The van der Waals surface area contributed by atoms with Crippen molar-refractivity contribution in [3.8, 4) is 0 Å². The summed E-state index contributed by atoms with van der Waals surface area (Å²) in [5.41, 5.74) is 2.67. The van der Waals surface area contributed by atoms with Gasteiger partial charge in [0.15, 0.2) is 0 Å². The number of nitrogens with zero attached hydrogens (tertiary/aromatic N) is 1. The first-order valence-corrected chi connectivity index (χ1v) is 7.32. The van der Waals surface area contributed by atoms with E-state index >= 15 is 0 Å². The molecule has 0 bridgehead atoms. The molecule has 1 N–H and O–H groups in total. The van der Waals surface area contributed by atoms with Crippen LogP contribution in [0.4, 0.5) is 0 Å². The van der Waals surface area contributed by atoms with Crippen LogP contribution in [-0.2, 0) is 9.63 Å². The lowest BCUT2D eigenvalue weighted by molar-refractivity contribution is -0.913. The van der Waals surface area contributed by atoms with E-state index in [0.29, 0.717) is 12.6 Å². The molecule has 0 spiro atoms.